The molecule has 1 saturated heterocycles. The fourth-order valence-corrected chi connectivity index (χ4v) is 6.80. The molecule has 0 aromatic rings. The first-order valence-electron chi connectivity index (χ1n) is 9.30. The average Bonchev–Trinajstić information content (AvgIpc) is 2.56. The van der Waals surface area contributed by atoms with Gasteiger partial charge in [-0.25, -0.2) is 0 Å². The molecule has 5 aliphatic rings. The maximum absolute atomic E-state index is 13.1. The van der Waals surface area contributed by atoms with Crippen molar-refractivity contribution < 1.29 is 19.4 Å². The van der Waals surface area contributed by atoms with E-state index in [9.17, 15) is 14.7 Å². The zero-order valence-corrected chi connectivity index (χ0v) is 14.9. The van der Waals surface area contributed by atoms with E-state index in [1.54, 1.807) is 0 Å². The Bertz CT molecular complexity index is 636. The number of ketones is 1. The number of Topliss-reactive ketones (excluding diaryl/α,β-unsaturated/α-hetero) is 1. The second kappa shape index (κ2) is 4.72. The molecule has 0 amide bonds. The van der Waals surface area contributed by atoms with Crippen molar-refractivity contribution >= 4 is 11.8 Å². The molecule has 6 atom stereocenters. The van der Waals surface area contributed by atoms with Crippen molar-refractivity contribution in [1.82, 2.24) is 0 Å². The first-order valence-corrected chi connectivity index (χ1v) is 9.30. The molecule has 2 bridgehead atoms. The van der Waals surface area contributed by atoms with Gasteiger partial charge in [0.2, 0.25) is 0 Å². The summed E-state index contributed by atoms with van der Waals surface area (Å²) >= 11 is 0. The van der Waals surface area contributed by atoms with Crippen molar-refractivity contribution in [1.29, 1.82) is 0 Å². The van der Waals surface area contributed by atoms with Crippen LogP contribution in [-0.4, -0.2) is 29.6 Å². The minimum atomic E-state index is -0.815. The van der Waals surface area contributed by atoms with Crippen molar-refractivity contribution in [3.8, 4) is 0 Å². The maximum Gasteiger partial charge on any atom is 0.312 e. The van der Waals surface area contributed by atoms with Crippen molar-refractivity contribution in [2.75, 3.05) is 6.61 Å². The number of aliphatic hydroxyl groups is 1. The molecule has 4 saturated carbocycles. The average molecular weight is 332 g/mol. The van der Waals surface area contributed by atoms with Crippen LogP contribution < -0.4 is 0 Å². The minimum absolute atomic E-state index is 0.0185. The van der Waals surface area contributed by atoms with E-state index in [-0.39, 0.29) is 34.9 Å². The summed E-state index contributed by atoms with van der Waals surface area (Å²) in [6.45, 7) is 10.7. The van der Waals surface area contributed by atoms with Crippen LogP contribution >= 0.6 is 0 Å². The van der Waals surface area contributed by atoms with Crippen LogP contribution in [-0.2, 0) is 14.3 Å². The Kier molecular flexibility index (Phi) is 3.21. The molecule has 4 aliphatic carbocycles. The van der Waals surface area contributed by atoms with Crippen LogP contribution in [0.15, 0.2) is 12.2 Å². The van der Waals surface area contributed by atoms with Gasteiger partial charge in [0, 0.05) is 5.41 Å². The Hall–Kier alpha value is -1.16. The zero-order chi connectivity index (χ0) is 17.5. The number of carbonyl (C=O) groups is 2. The van der Waals surface area contributed by atoms with Gasteiger partial charge in [-0.15, -0.1) is 0 Å². The fourth-order valence-electron chi connectivity index (χ4n) is 6.80. The fraction of sp³-hybridized carbons (Fsp3) is 0.800. The van der Waals surface area contributed by atoms with E-state index in [1.165, 1.54) is 0 Å². The summed E-state index contributed by atoms with van der Waals surface area (Å²) < 4.78 is 5.65. The summed E-state index contributed by atoms with van der Waals surface area (Å²) in [6, 6.07) is 0. The molecular formula is C20H28O4. The lowest BCUT2D eigenvalue weighted by Gasteiger charge is -2.67. The highest BCUT2D eigenvalue weighted by Gasteiger charge is 2.73. The second-order valence-electron chi connectivity index (χ2n) is 9.18. The number of carbonyl (C=O) groups excluding carboxylic acids is 2. The van der Waals surface area contributed by atoms with Crippen LogP contribution in [0.4, 0.5) is 0 Å². The van der Waals surface area contributed by atoms with Gasteiger partial charge in [0.15, 0.2) is 5.78 Å². The highest BCUT2D eigenvalue weighted by Crippen LogP contribution is 2.70. The third-order valence-corrected chi connectivity index (χ3v) is 8.04. The quantitative estimate of drug-likeness (QED) is 0.592. The van der Waals surface area contributed by atoms with Gasteiger partial charge in [0.05, 0.1) is 23.5 Å². The molecule has 4 nitrogen and oxygen atoms in total. The van der Waals surface area contributed by atoms with E-state index in [1.807, 2.05) is 6.92 Å². The molecule has 5 rings (SSSR count). The Balaban J connectivity index is 1.92. The van der Waals surface area contributed by atoms with Gasteiger partial charge < -0.3 is 9.84 Å². The molecule has 4 heteroatoms. The molecule has 0 aromatic heterocycles. The number of allylic oxidation sites excluding steroid dienone is 1. The van der Waals surface area contributed by atoms with Crippen LogP contribution in [0.2, 0.25) is 0 Å². The summed E-state index contributed by atoms with van der Waals surface area (Å²) in [5.41, 5.74) is -0.964. The number of esters is 1. The smallest absolute Gasteiger partial charge is 0.312 e. The monoisotopic (exact) mass is 332 g/mol. The third kappa shape index (κ3) is 1.59. The number of hydrogen-bond acceptors (Lipinski definition) is 4. The summed E-state index contributed by atoms with van der Waals surface area (Å²) in [5.74, 6) is -0.0204. The van der Waals surface area contributed by atoms with E-state index < -0.39 is 16.9 Å². The number of cyclic esters (lactones) is 1. The molecule has 1 heterocycles. The molecule has 0 radical (unpaired) electrons. The largest absolute Gasteiger partial charge is 0.465 e. The van der Waals surface area contributed by atoms with Crippen LogP contribution in [0.25, 0.3) is 0 Å². The molecule has 24 heavy (non-hydrogen) atoms. The normalized spacial score (nSPS) is 49.4. The molecule has 1 spiro atoms. The van der Waals surface area contributed by atoms with Gasteiger partial charge in [0.25, 0.3) is 0 Å². The Morgan fingerprint density at radius 3 is 2.62 bits per heavy atom. The molecule has 0 aromatic carbocycles. The van der Waals surface area contributed by atoms with E-state index in [4.69, 9.17) is 4.74 Å². The summed E-state index contributed by atoms with van der Waals surface area (Å²) in [6.07, 6.45) is 2.88. The molecule has 1 N–H and O–H groups in total. The topological polar surface area (TPSA) is 63.6 Å². The van der Waals surface area contributed by atoms with Crippen molar-refractivity contribution in [3.05, 3.63) is 12.2 Å². The van der Waals surface area contributed by atoms with Crippen LogP contribution in [0, 0.1) is 34.0 Å². The predicted octanol–water partition coefficient (Wildman–Crippen LogP) is 2.89. The Morgan fingerprint density at radius 1 is 1.25 bits per heavy atom. The first-order chi connectivity index (χ1) is 11.2. The number of rotatable bonds is 1. The maximum atomic E-state index is 13.1. The highest BCUT2D eigenvalue weighted by atomic mass is 16.5. The number of aliphatic hydroxyl groups excluding tert-OH is 1. The van der Waals surface area contributed by atoms with Crippen LogP contribution in [0.5, 0.6) is 0 Å². The minimum Gasteiger partial charge on any atom is -0.465 e. The Morgan fingerprint density at radius 2 is 1.96 bits per heavy atom. The molecule has 5 fully saturated rings. The summed E-state index contributed by atoms with van der Waals surface area (Å²) in [7, 11) is 0. The number of ether oxygens (including phenoxy) is 1. The molecule has 132 valence electrons. The van der Waals surface area contributed by atoms with E-state index in [0.29, 0.717) is 31.4 Å². The first kappa shape index (κ1) is 16.3. The van der Waals surface area contributed by atoms with E-state index in [2.05, 4.69) is 20.4 Å². The number of hydrogen-bond donors (Lipinski definition) is 1. The van der Waals surface area contributed by atoms with E-state index in [0.717, 1.165) is 12.8 Å². The van der Waals surface area contributed by atoms with Gasteiger partial charge in [-0.3, -0.25) is 9.59 Å². The highest BCUT2D eigenvalue weighted by molar-refractivity contribution is 6.03. The SMILES string of the molecule is C=C1C(=O)[C@]23CC[C@H]1CC2C1(CC)C(=O)OCC(C)(C)C1C[C@H]3O. The second-order valence-corrected chi connectivity index (χ2v) is 9.18. The predicted molar refractivity (Wildman–Crippen MR) is 89.0 cm³/mol. The lowest BCUT2D eigenvalue weighted by atomic mass is 9.37. The summed E-state index contributed by atoms with van der Waals surface area (Å²) in [5, 5.41) is 11.1. The van der Waals surface area contributed by atoms with Crippen molar-refractivity contribution in [2.24, 2.45) is 34.0 Å². The van der Waals surface area contributed by atoms with Gasteiger partial charge >= 0.3 is 5.97 Å². The Labute approximate surface area is 143 Å². The van der Waals surface area contributed by atoms with Gasteiger partial charge in [0.1, 0.15) is 0 Å². The zero-order valence-electron chi connectivity index (χ0n) is 14.9. The van der Waals surface area contributed by atoms with E-state index >= 15 is 0 Å². The van der Waals surface area contributed by atoms with Gasteiger partial charge in [-0.1, -0.05) is 27.4 Å². The number of fused-ring (bicyclic) bond motifs is 3. The lowest BCUT2D eigenvalue weighted by Crippen LogP contribution is -2.71. The van der Waals surface area contributed by atoms with Crippen molar-refractivity contribution in [2.45, 2.75) is 59.0 Å². The van der Waals surface area contributed by atoms with Crippen molar-refractivity contribution in [3.63, 3.8) is 0 Å². The summed E-state index contributed by atoms with van der Waals surface area (Å²) in [4.78, 5) is 26.2. The molecule has 3 unspecified atom stereocenters. The molecular weight excluding hydrogens is 304 g/mol. The lowest BCUT2D eigenvalue weighted by molar-refractivity contribution is -0.241. The van der Waals surface area contributed by atoms with Crippen LogP contribution in [0.1, 0.15) is 52.9 Å². The van der Waals surface area contributed by atoms with Gasteiger partial charge in [-0.2, -0.15) is 0 Å². The third-order valence-electron chi connectivity index (χ3n) is 8.04. The standard InChI is InChI=1S/C20H28O4/c1-5-19-13(18(3,4)10-24-17(19)23)9-15(21)20-7-6-12(8-14(19)20)11(2)16(20)22/h12-15,21H,2,5-10H2,1,3-4H3/t12-,13?,14?,15+,19?,20+/m0/s1. The van der Waals surface area contributed by atoms with Gasteiger partial charge in [-0.05, 0) is 55.4 Å². The van der Waals surface area contributed by atoms with Crippen LogP contribution in [0.3, 0.4) is 0 Å². The molecule has 1 aliphatic heterocycles.